The maximum atomic E-state index is 12.3. The van der Waals surface area contributed by atoms with E-state index in [0.717, 1.165) is 24.0 Å². The van der Waals surface area contributed by atoms with Crippen molar-refractivity contribution in [3.8, 4) is 0 Å². The Bertz CT molecular complexity index is 696. The molecule has 1 aliphatic rings. The van der Waals surface area contributed by atoms with Crippen LogP contribution in [0.4, 0.5) is 0 Å². The van der Waals surface area contributed by atoms with Gasteiger partial charge in [-0.25, -0.2) is 0 Å². The summed E-state index contributed by atoms with van der Waals surface area (Å²) in [5, 5.41) is 5.66. The summed E-state index contributed by atoms with van der Waals surface area (Å²) in [4.78, 5) is 24.5. The van der Waals surface area contributed by atoms with Crippen molar-refractivity contribution in [3.63, 3.8) is 0 Å². The summed E-state index contributed by atoms with van der Waals surface area (Å²) in [6.07, 6.45) is 2.17. The van der Waals surface area contributed by atoms with Crippen LogP contribution < -0.4 is 10.6 Å². The molecule has 2 aromatic carbocycles. The van der Waals surface area contributed by atoms with E-state index in [9.17, 15) is 9.59 Å². The topological polar surface area (TPSA) is 58.2 Å². The fourth-order valence-electron chi connectivity index (χ4n) is 2.86. The van der Waals surface area contributed by atoms with Crippen molar-refractivity contribution in [2.75, 3.05) is 0 Å². The minimum Gasteiger partial charge on any atom is -0.341 e. The summed E-state index contributed by atoms with van der Waals surface area (Å²) in [6.45, 7) is 1.87. The highest BCUT2D eigenvalue weighted by atomic mass is 16.2. The molecule has 0 bridgehead atoms. The fourth-order valence-corrected chi connectivity index (χ4v) is 2.86. The van der Waals surface area contributed by atoms with Gasteiger partial charge in [-0.3, -0.25) is 9.59 Å². The van der Waals surface area contributed by atoms with Gasteiger partial charge in [0.05, 0.1) is 12.1 Å². The average Bonchev–Trinajstić information content (AvgIpc) is 3.45. The van der Waals surface area contributed by atoms with E-state index in [2.05, 4.69) is 10.6 Å². The molecule has 1 fully saturated rings. The van der Waals surface area contributed by atoms with Crippen LogP contribution in [0.3, 0.4) is 0 Å². The second-order valence-corrected chi connectivity index (χ2v) is 6.31. The Hall–Kier alpha value is -2.62. The second kappa shape index (κ2) is 7.30. The number of nitrogens with one attached hydrogen (secondary N) is 2. The lowest BCUT2D eigenvalue weighted by atomic mass is 10.0. The summed E-state index contributed by atoms with van der Waals surface area (Å²) in [5.74, 6) is -0.734. The predicted octanol–water partition coefficient (Wildman–Crippen LogP) is 3.13. The third kappa shape index (κ3) is 4.02. The highest BCUT2D eigenvalue weighted by Gasteiger charge is 2.34. The van der Waals surface area contributed by atoms with E-state index < -0.39 is 11.8 Å². The van der Waals surface area contributed by atoms with Crippen molar-refractivity contribution >= 4 is 11.8 Å². The van der Waals surface area contributed by atoms with Crippen molar-refractivity contribution in [1.82, 2.24) is 10.6 Å². The highest BCUT2D eigenvalue weighted by Crippen LogP contribution is 2.40. The molecule has 124 valence electrons. The van der Waals surface area contributed by atoms with E-state index in [1.807, 2.05) is 67.6 Å². The zero-order chi connectivity index (χ0) is 16.9. The first-order valence-electron chi connectivity index (χ1n) is 8.36. The van der Waals surface area contributed by atoms with Gasteiger partial charge in [-0.05, 0) is 36.8 Å². The van der Waals surface area contributed by atoms with Crippen molar-refractivity contribution in [3.05, 3.63) is 71.8 Å². The zero-order valence-corrected chi connectivity index (χ0v) is 13.7. The molecule has 0 saturated heterocycles. The van der Waals surface area contributed by atoms with Gasteiger partial charge < -0.3 is 10.6 Å². The van der Waals surface area contributed by atoms with Gasteiger partial charge in [-0.15, -0.1) is 0 Å². The Morgan fingerprint density at radius 3 is 1.88 bits per heavy atom. The first-order valence-corrected chi connectivity index (χ1v) is 8.36. The lowest BCUT2D eigenvalue weighted by molar-refractivity contribution is -0.140. The van der Waals surface area contributed by atoms with Gasteiger partial charge in [0.15, 0.2) is 0 Å². The third-order valence-corrected chi connectivity index (χ3v) is 4.39. The number of benzene rings is 2. The zero-order valence-electron chi connectivity index (χ0n) is 13.7. The smallest absolute Gasteiger partial charge is 0.309 e. The monoisotopic (exact) mass is 322 g/mol. The van der Waals surface area contributed by atoms with Crippen LogP contribution in [0.15, 0.2) is 60.7 Å². The molecule has 2 N–H and O–H groups in total. The molecule has 0 aliphatic heterocycles. The van der Waals surface area contributed by atoms with Crippen LogP contribution in [0.5, 0.6) is 0 Å². The summed E-state index contributed by atoms with van der Waals surface area (Å²) in [5.41, 5.74) is 2.03. The molecule has 0 heterocycles. The van der Waals surface area contributed by atoms with Crippen molar-refractivity contribution < 1.29 is 9.59 Å². The van der Waals surface area contributed by atoms with Crippen LogP contribution >= 0.6 is 0 Å². The number of carbonyl (C=O) groups is 2. The lowest BCUT2D eigenvalue weighted by Gasteiger charge is -2.20. The van der Waals surface area contributed by atoms with Gasteiger partial charge in [0.1, 0.15) is 0 Å². The minimum atomic E-state index is -0.590. The van der Waals surface area contributed by atoms with Gasteiger partial charge in [0, 0.05) is 0 Å². The Balaban J connectivity index is 1.62. The summed E-state index contributed by atoms with van der Waals surface area (Å²) < 4.78 is 0. The van der Waals surface area contributed by atoms with Crippen LogP contribution in [-0.2, 0) is 9.59 Å². The van der Waals surface area contributed by atoms with E-state index >= 15 is 0 Å². The number of amides is 2. The molecule has 1 aliphatic carbocycles. The van der Waals surface area contributed by atoms with Gasteiger partial charge in [-0.1, -0.05) is 60.7 Å². The molecule has 4 nitrogen and oxygen atoms in total. The van der Waals surface area contributed by atoms with E-state index in [0.29, 0.717) is 5.92 Å². The SMILES string of the molecule is C[C@H](NC(=O)C(=O)N[C@H](c1ccccc1)C1CC1)c1ccccc1. The van der Waals surface area contributed by atoms with Crippen molar-refractivity contribution in [2.24, 2.45) is 5.92 Å². The molecule has 1 saturated carbocycles. The van der Waals surface area contributed by atoms with Gasteiger partial charge >= 0.3 is 11.8 Å². The highest BCUT2D eigenvalue weighted by molar-refractivity contribution is 6.35. The Morgan fingerprint density at radius 1 is 0.833 bits per heavy atom. The van der Waals surface area contributed by atoms with Gasteiger partial charge in [-0.2, -0.15) is 0 Å². The first-order chi connectivity index (χ1) is 11.6. The predicted molar refractivity (Wildman–Crippen MR) is 93.0 cm³/mol. The van der Waals surface area contributed by atoms with E-state index in [1.54, 1.807) is 0 Å². The molecule has 2 atom stereocenters. The quantitative estimate of drug-likeness (QED) is 0.831. The van der Waals surface area contributed by atoms with E-state index in [-0.39, 0.29) is 12.1 Å². The number of hydrogen-bond donors (Lipinski definition) is 2. The molecule has 2 amide bonds. The van der Waals surface area contributed by atoms with Gasteiger partial charge in [0.2, 0.25) is 0 Å². The molecule has 0 radical (unpaired) electrons. The molecular weight excluding hydrogens is 300 g/mol. The Labute approximate surface area is 142 Å². The molecule has 0 spiro atoms. The number of carbonyl (C=O) groups excluding carboxylic acids is 2. The van der Waals surface area contributed by atoms with E-state index in [1.165, 1.54) is 0 Å². The normalized spacial score (nSPS) is 16.0. The maximum Gasteiger partial charge on any atom is 0.309 e. The first kappa shape index (κ1) is 16.2. The molecule has 2 aromatic rings. The largest absolute Gasteiger partial charge is 0.341 e. The van der Waals surface area contributed by atoms with Crippen LogP contribution in [0.25, 0.3) is 0 Å². The van der Waals surface area contributed by atoms with Gasteiger partial charge in [0.25, 0.3) is 0 Å². The standard InChI is InChI=1S/C20H22N2O2/c1-14(15-8-4-2-5-9-15)21-19(23)20(24)22-18(17-12-13-17)16-10-6-3-7-11-16/h2-11,14,17-18H,12-13H2,1H3,(H,21,23)(H,22,24)/t14-,18+/m0/s1. The van der Waals surface area contributed by atoms with Crippen molar-refractivity contribution in [1.29, 1.82) is 0 Å². The lowest BCUT2D eigenvalue weighted by Crippen LogP contribution is -2.42. The Morgan fingerprint density at radius 2 is 1.33 bits per heavy atom. The summed E-state index contributed by atoms with van der Waals surface area (Å²) in [6, 6.07) is 19.2. The molecule has 4 heteroatoms. The van der Waals surface area contributed by atoms with Crippen LogP contribution in [0, 0.1) is 5.92 Å². The van der Waals surface area contributed by atoms with E-state index in [4.69, 9.17) is 0 Å². The maximum absolute atomic E-state index is 12.3. The van der Waals surface area contributed by atoms with Crippen molar-refractivity contribution in [2.45, 2.75) is 31.8 Å². The third-order valence-electron chi connectivity index (χ3n) is 4.39. The van der Waals surface area contributed by atoms with Crippen LogP contribution in [0.1, 0.15) is 43.0 Å². The minimum absolute atomic E-state index is 0.0866. The summed E-state index contributed by atoms with van der Waals surface area (Å²) in [7, 11) is 0. The second-order valence-electron chi connectivity index (χ2n) is 6.31. The summed E-state index contributed by atoms with van der Waals surface area (Å²) >= 11 is 0. The number of hydrogen-bond acceptors (Lipinski definition) is 2. The molecule has 24 heavy (non-hydrogen) atoms. The number of rotatable bonds is 5. The average molecular weight is 322 g/mol. The van der Waals surface area contributed by atoms with Crippen LogP contribution in [0.2, 0.25) is 0 Å². The molecule has 3 rings (SSSR count). The molecule has 0 aromatic heterocycles. The fraction of sp³-hybridized carbons (Fsp3) is 0.300. The molecular formula is C20H22N2O2. The Kier molecular flexibility index (Phi) is 4.94. The van der Waals surface area contributed by atoms with Crippen LogP contribution in [-0.4, -0.2) is 11.8 Å². The molecule has 0 unspecified atom stereocenters.